The number of nitrogens with one attached hydrogen (secondary N) is 2. The lowest BCUT2D eigenvalue weighted by molar-refractivity contribution is -0.114. The van der Waals surface area contributed by atoms with Crippen LogP contribution in [0.25, 0.3) is 0 Å². The zero-order valence-corrected chi connectivity index (χ0v) is 16.3. The number of carbonyl (C=O) groups excluding carboxylic acids is 3. The van der Waals surface area contributed by atoms with Crippen LogP contribution in [0.15, 0.2) is 48.5 Å². The van der Waals surface area contributed by atoms with Crippen molar-refractivity contribution in [3.05, 3.63) is 59.1 Å². The van der Waals surface area contributed by atoms with Gasteiger partial charge < -0.3 is 15.4 Å². The SMILES string of the molecule is COC(=O)c1cccc(NC(=O)CS(=O)(=O)CC(=O)Nc2ccc(Cl)cc2)c1. The largest absolute Gasteiger partial charge is 0.465 e. The van der Waals surface area contributed by atoms with Crippen LogP contribution in [0.3, 0.4) is 0 Å². The molecule has 0 fully saturated rings. The Morgan fingerprint density at radius 3 is 2.07 bits per heavy atom. The van der Waals surface area contributed by atoms with Gasteiger partial charge in [0.15, 0.2) is 9.84 Å². The predicted molar refractivity (Wildman–Crippen MR) is 105 cm³/mol. The normalized spacial score (nSPS) is 10.8. The van der Waals surface area contributed by atoms with Gasteiger partial charge in [0.1, 0.15) is 11.5 Å². The molecule has 0 saturated carbocycles. The van der Waals surface area contributed by atoms with Crippen LogP contribution >= 0.6 is 11.6 Å². The molecule has 28 heavy (non-hydrogen) atoms. The molecule has 148 valence electrons. The van der Waals surface area contributed by atoms with E-state index in [4.69, 9.17) is 11.6 Å². The van der Waals surface area contributed by atoms with Crippen molar-refractivity contribution in [2.45, 2.75) is 0 Å². The monoisotopic (exact) mass is 424 g/mol. The average Bonchev–Trinajstić information content (AvgIpc) is 2.62. The fourth-order valence-corrected chi connectivity index (χ4v) is 3.39. The van der Waals surface area contributed by atoms with Gasteiger partial charge in [-0.25, -0.2) is 13.2 Å². The number of anilines is 2. The van der Waals surface area contributed by atoms with E-state index in [1.807, 2.05) is 0 Å². The summed E-state index contributed by atoms with van der Waals surface area (Å²) in [6.07, 6.45) is 0. The molecule has 0 aliphatic carbocycles. The molecule has 0 heterocycles. The Kier molecular flexibility index (Phi) is 7.13. The summed E-state index contributed by atoms with van der Waals surface area (Å²) >= 11 is 5.74. The van der Waals surface area contributed by atoms with Gasteiger partial charge in [0, 0.05) is 16.4 Å². The van der Waals surface area contributed by atoms with Crippen LogP contribution in [0, 0.1) is 0 Å². The third-order valence-electron chi connectivity index (χ3n) is 3.40. The van der Waals surface area contributed by atoms with Crippen LogP contribution in [0.2, 0.25) is 5.02 Å². The fraction of sp³-hybridized carbons (Fsp3) is 0.167. The lowest BCUT2D eigenvalue weighted by Crippen LogP contribution is -2.30. The van der Waals surface area contributed by atoms with E-state index >= 15 is 0 Å². The summed E-state index contributed by atoms with van der Waals surface area (Å²) in [7, 11) is -2.78. The number of rotatable bonds is 7. The Labute approximate surface area is 166 Å². The number of ether oxygens (including phenoxy) is 1. The van der Waals surface area contributed by atoms with E-state index in [1.165, 1.54) is 43.5 Å². The molecule has 0 radical (unpaired) electrons. The van der Waals surface area contributed by atoms with E-state index in [-0.39, 0.29) is 11.3 Å². The quantitative estimate of drug-likeness (QED) is 0.657. The maximum atomic E-state index is 12.1. The van der Waals surface area contributed by atoms with Crippen LogP contribution in [0.1, 0.15) is 10.4 Å². The minimum absolute atomic E-state index is 0.200. The first-order valence-corrected chi connectivity index (χ1v) is 10.1. The first-order chi connectivity index (χ1) is 13.2. The van der Waals surface area contributed by atoms with Crippen molar-refractivity contribution in [1.82, 2.24) is 0 Å². The van der Waals surface area contributed by atoms with Crippen LogP contribution in [0.4, 0.5) is 11.4 Å². The van der Waals surface area contributed by atoms with Gasteiger partial charge in [-0.15, -0.1) is 0 Å². The molecule has 0 aliphatic rings. The van der Waals surface area contributed by atoms with Crippen molar-refractivity contribution in [2.24, 2.45) is 0 Å². The van der Waals surface area contributed by atoms with Crippen LogP contribution in [-0.2, 0) is 24.2 Å². The Morgan fingerprint density at radius 2 is 1.50 bits per heavy atom. The lowest BCUT2D eigenvalue weighted by Gasteiger charge is -2.08. The van der Waals surface area contributed by atoms with Crippen molar-refractivity contribution >= 4 is 50.6 Å². The van der Waals surface area contributed by atoms with E-state index in [1.54, 1.807) is 12.1 Å². The van der Waals surface area contributed by atoms with Crippen LogP contribution < -0.4 is 10.6 Å². The Morgan fingerprint density at radius 1 is 0.929 bits per heavy atom. The molecule has 0 aliphatic heterocycles. The maximum Gasteiger partial charge on any atom is 0.337 e. The number of benzene rings is 2. The predicted octanol–water partition coefficient (Wildman–Crippen LogP) is 2.12. The van der Waals surface area contributed by atoms with Crippen molar-refractivity contribution in [1.29, 1.82) is 0 Å². The van der Waals surface area contributed by atoms with Gasteiger partial charge >= 0.3 is 5.97 Å². The Balaban J connectivity index is 1.94. The Hall–Kier alpha value is -2.91. The number of esters is 1. The summed E-state index contributed by atoms with van der Waals surface area (Å²) in [5, 5.41) is 5.26. The maximum absolute atomic E-state index is 12.1. The van der Waals surface area contributed by atoms with Gasteiger partial charge in [0.25, 0.3) is 0 Å². The molecule has 2 rings (SSSR count). The van der Waals surface area contributed by atoms with Crippen molar-refractivity contribution in [3.63, 3.8) is 0 Å². The number of hydrogen-bond acceptors (Lipinski definition) is 6. The van der Waals surface area contributed by atoms with Gasteiger partial charge in [0.05, 0.1) is 12.7 Å². The number of hydrogen-bond donors (Lipinski definition) is 2. The third-order valence-corrected chi connectivity index (χ3v) is 5.05. The number of methoxy groups -OCH3 is 1. The molecule has 0 atom stereocenters. The van der Waals surface area contributed by atoms with Crippen molar-refractivity contribution < 1.29 is 27.5 Å². The summed E-state index contributed by atoms with van der Waals surface area (Å²) in [6, 6.07) is 12.0. The molecular weight excluding hydrogens is 408 g/mol. The van der Waals surface area contributed by atoms with Crippen LogP contribution in [0.5, 0.6) is 0 Å². The van der Waals surface area contributed by atoms with Crippen LogP contribution in [-0.4, -0.2) is 44.8 Å². The molecule has 8 nitrogen and oxygen atoms in total. The second-order valence-electron chi connectivity index (χ2n) is 5.71. The molecule has 0 unspecified atom stereocenters. The molecule has 2 aromatic carbocycles. The molecule has 2 amide bonds. The number of halogens is 1. The number of sulfone groups is 1. The minimum Gasteiger partial charge on any atom is -0.465 e. The highest BCUT2D eigenvalue weighted by Gasteiger charge is 2.21. The van der Waals surface area contributed by atoms with E-state index in [0.29, 0.717) is 10.7 Å². The van der Waals surface area contributed by atoms with Gasteiger partial charge in [0.2, 0.25) is 11.8 Å². The summed E-state index contributed by atoms with van der Waals surface area (Å²) in [5.74, 6) is -3.94. The second-order valence-corrected chi connectivity index (χ2v) is 8.21. The molecule has 2 N–H and O–H groups in total. The van der Waals surface area contributed by atoms with Gasteiger partial charge in [-0.05, 0) is 42.5 Å². The van der Waals surface area contributed by atoms with Crippen molar-refractivity contribution in [3.8, 4) is 0 Å². The molecule has 0 saturated heterocycles. The first kappa shape index (κ1) is 21.4. The molecule has 10 heteroatoms. The highest BCUT2D eigenvalue weighted by Crippen LogP contribution is 2.14. The summed E-state index contributed by atoms with van der Waals surface area (Å²) < 4.78 is 28.8. The first-order valence-electron chi connectivity index (χ1n) is 7.92. The zero-order valence-electron chi connectivity index (χ0n) is 14.8. The summed E-state index contributed by atoms with van der Waals surface area (Å²) in [5.41, 5.74) is 0.813. The van der Waals surface area contributed by atoms with Gasteiger partial charge in [-0.2, -0.15) is 0 Å². The van der Waals surface area contributed by atoms with E-state index in [0.717, 1.165) is 0 Å². The molecule has 2 aromatic rings. The summed E-state index contributed by atoms with van der Waals surface area (Å²) in [4.78, 5) is 35.4. The molecule has 0 bridgehead atoms. The highest BCUT2D eigenvalue weighted by atomic mass is 35.5. The zero-order chi connectivity index (χ0) is 20.7. The smallest absolute Gasteiger partial charge is 0.337 e. The minimum atomic E-state index is -4.00. The molecule has 0 spiro atoms. The molecular formula is C18H17ClN2O6S. The van der Waals surface area contributed by atoms with Gasteiger partial charge in [-0.1, -0.05) is 17.7 Å². The lowest BCUT2D eigenvalue weighted by atomic mass is 10.2. The van der Waals surface area contributed by atoms with E-state index in [2.05, 4.69) is 15.4 Å². The average molecular weight is 425 g/mol. The highest BCUT2D eigenvalue weighted by molar-refractivity contribution is 7.92. The second kappa shape index (κ2) is 9.34. The van der Waals surface area contributed by atoms with E-state index < -0.39 is 39.1 Å². The summed E-state index contributed by atoms with van der Waals surface area (Å²) in [6.45, 7) is 0. The third kappa shape index (κ3) is 6.67. The number of carbonyl (C=O) groups is 3. The topological polar surface area (TPSA) is 119 Å². The Bertz CT molecular complexity index is 989. The fourth-order valence-electron chi connectivity index (χ4n) is 2.22. The van der Waals surface area contributed by atoms with Crippen molar-refractivity contribution in [2.75, 3.05) is 29.2 Å². The standard InChI is InChI=1S/C18H17ClN2O6S/c1-27-18(24)12-3-2-4-15(9-12)21-17(23)11-28(25,26)10-16(22)20-14-7-5-13(19)6-8-14/h2-9H,10-11H2,1H3,(H,20,22)(H,21,23). The molecule has 0 aromatic heterocycles. The van der Waals surface area contributed by atoms with Gasteiger partial charge in [-0.3, -0.25) is 9.59 Å². The number of amides is 2. The van der Waals surface area contributed by atoms with E-state index in [9.17, 15) is 22.8 Å².